The lowest BCUT2D eigenvalue weighted by Crippen LogP contribution is -2.54. The first kappa shape index (κ1) is 34.3. The number of guanidine groups is 1. The first-order valence-electron chi connectivity index (χ1n) is 14.3. The zero-order valence-electron chi connectivity index (χ0n) is 24.8. The molecular weight excluding hydrogens is 550 g/mol. The van der Waals surface area contributed by atoms with E-state index in [2.05, 4.69) is 26.3 Å². The lowest BCUT2D eigenvalue weighted by Gasteiger charge is -2.24. The maximum Gasteiger partial charge on any atom is 0.408 e. The molecule has 2 rings (SSSR count). The normalized spacial score (nSPS) is 12.2. The Morgan fingerprint density at radius 2 is 1.51 bits per heavy atom. The number of aliphatic imine (C=N–C) groups is 1. The van der Waals surface area contributed by atoms with Gasteiger partial charge in [0.1, 0.15) is 18.7 Å². The number of hydrogen-bond donors (Lipinski definition) is 6. The fourth-order valence-electron chi connectivity index (χ4n) is 3.94. The van der Waals surface area contributed by atoms with Crippen LogP contribution in [0.3, 0.4) is 0 Å². The lowest BCUT2D eigenvalue weighted by atomic mass is 10.0. The molecule has 232 valence electrons. The molecular formula is C31H43N7O5. The molecule has 0 bridgehead atoms. The molecule has 0 spiro atoms. The Hall–Kier alpha value is -4.87. The van der Waals surface area contributed by atoms with Crippen LogP contribution < -0.4 is 32.7 Å². The van der Waals surface area contributed by atoms with Gasteiger partial charge in [0, 0.05) is 25.7 Å². The molecule has 2 aromatic rings. The van der Waals surface area contributed by atoms with E-state index in [1.807, 2.05) is 74.5 Å². The van der Waals surface area contributed by atoms with Crippen molar-refractivity contribution in [3.05, 3.63) is 77.9 Å². The van der Waals surface area contributed by atoms with Crippen LogP contribution >= 0.6 is 0 Å². The van der Waals surface area contributed by atoms with Crippen molar-refractivity contribution in [2.75, 3.05) is 19.6 Å². The number of ether oxygens (including phenoxy) is 1. The number of hydrogen-bond acceptors (Lipinski definition) is 6. The predicted octanol–water partition coefficient (Wildman–Crippen LogP) is 1.81. The Labute approximate surface area is 252 Å². The van der Waals surface area contributed by atoms with E-state index in [1.54, 1.807) is 6.08 Å². The van der Waals surface area contributed by atoms with E-state index in [9.17, 15) is 19.2 Å². The van der Waals surface area contributed by atoms with Gasteiger partial charge in [0.05, 0.1) is 0 Å². The van der Waals surface area contributed by atoms with Gasteiger partial charge in [-0.2, -0.15) is 0 Å². The summed E-state index contributed by atoms with van der Waals surface area (Å²) in [6, 6.07) is 16.7. The molecule has 0 aliphatic carbocycles. The van der Waals surface area contributed by atoms with Gasteiger partial charge in [0.25, 0.3) is 0 Å². The molecule has 0 aliphatic rings. The minimum absolute atomic E-state index is 0.0337. The molecule has 8 N–H and O–H groups in total. The molecule has 0 aromatic heterocycles. The van der Waals surface area contributed by atoms with Gasteiger partial charge in [0.2, 0.25) is 17.7 Å². The van der Waals surface area contributed by atoms with E-state index < -0.39 is 30.0 Å². The number of nitrogens with one attached hydrogen (secondary N) is 4. The van der Waals surface area contributed by atoms with Crippen LogP contribution in [0.1, 0.15) is 44.2 Å². The second kappa shape index (κ2) is 19.3. The molecule has 4 amide bonds. The SMILES string of the molecule is CC(C)C[C@H](NC(=O)[C@H](CCCN=C(N)N)NC(=O)OCc1ccccc1)C(=O)NCCNC(=O)C=Cc1ccccc1. The van der Waals surface area contributed by atoms with E-state index in [-0.39, 0.29) is 50.4 Å². The maximum atomic E-state index is 13.3. The van der Waals surface area contributed by atoms with Crippen molar-refractivity contribution >= 4 is 35.9 Å². The average molecular weight is 594 g/mol. The number of nitrogens with zero attached hydrogens (tertiary/aromatic N) is 1. The number of carbonyl (C=O) groups is 4. The zero-order chi connectivity index (χ0) is 31.5. The summed E-state index contributed by atoms with van der Waals surface area (Å²) in [5, 5.41) is 10.8. The van der Waals surface area contributed by atoms with Gasteiger partial charge in [0.15, 0.2) is 5.96 Å². The Bertz CT molecular complexity index is 1220. The third-order valence-electron chi connectivity index (χ3n) is 6.06. The largest absolute Gasteiger partial charge is 0.445 e. The van der Waals surface area contributed by atoms with Crippen LogP contribution in [-0.2, 0) is 25.7 Å². The van der Waals surface area contributed by atoms with E-state index in [0.29, 0.717) is 12.8 Å². The van der Waals surface area contributed by atoms with Gasteiger partial charge >= 0.3 is 6.09 Å². The Balaban J connectivity index is 1.93. The van der Waals surface area contributed by atoms with Crippen LogP contribution in [0.2, 0.25) is 0 Å². The summed E-state index contributed by atoms with van der Waals surface area (Å²) in [5.74, 6) is -1.22. The van der Waals surface area contributed by atoms with Gasteiger partial charge in [-0.1, -0.05) is 74.5 Å². The third kappa shape index (κ3) is 15.1. The van der Waals surface area contributed by atoms with E-state index >= 15 is 0 Å². The smallest absolute Gasteiger partial charge is 0.408 e. The van der Waals surface area contributed by atoms with Crippen LogP contribution in [0.25, 0.3) is 6.08 Å². The third-order valence-corrected chi connectivity index (χ3v) is 6.06. The number of nitrogens with two attached hydrogens (primary N) is 2. The van der Waals surface area contributed by atoms with E-state index in [0.717, 1.165) is 11.1 Å². The summed E-state index contributed by atoms with van der Waals surface area (Å²) in [5.41, 5.74) is 12.5. The minimum atomic E-state index is -0.990. The number of rotatable bonds is 17. The summed E-state index contributed by atoms with van der Waals surface area (Å²) in [7, 11) is 0. The molecule has 43 heavy (non-hydrogen) atoms. The molecule has 0 heterocycles. The van der Waals surface area contributed by atoms with Crippen molar-refractivity contribution in [1.29, 1.82) is 0 Å². The van der Waals surface area contributed by atoms with Gasteiger partial charge in [-0.25, -0.2) is 4.79 Å². The van der Waals surface area contributed by atoms with Crippen LogP contribution in [0.15, 0.2) is 71.7 Å². The molecule has 12 heteroatoms. The number of carbonyl (C=O) groups excluding carboxylic acids is 4. The Morgan fingerprint density at radius 3 is 2.16 bits per heavy atom. The highest BCUT2D eigenvalue weighted by molar-refractivity contribution is 5.92. The molecule has 12 nitrogen and oxygen atoms in total. The molecule has 2 aromatic carbocycles. The van der Waals surface area contributed by atoms with Crippen molar-refractivity contribution in [3.8, 4) is 0 Å². The topological polar surface area (TPSA) is 190 Å². The number of alkyl carbamates (subject to hydrolysis) is 1. The Morgan fingerprint density at radius 1 is 0.860 bits per heavy atom. The van der Waals surface area contributed by atoms with Gasteiger partial charge in [-0.15, -0.1) is 0 Å². The highest BCUT2D eigenvalue weighted by Gasteiger charge is 2.27. The summed E-state index contributed by atoms with van der Waals surface area (Å²) >= 11 is 0. The van der Waals surface area contributed by atoms with Gasteiger partial charge in [-0.3, -0.25) is 19.4 Å². The molecule has 0 unspecified atom stereocenters. The number of benzene rings is 2. The van der Waals surface area contributed by atoms with Crippen molar-refractivity contribution in [2.24, 2.45) is 22.4 Å². The second-order valence-electron chi connectivity index (χ2n) is 10.2. The zero-order valence-corrected chi connectivity index (χ0v) is 24.8. The molecule has 0 aliphatic heterocycles. The molecule has 0 saturated carbocycles. The summed E-state index contributed by atoms with van der Waals surface area (Å²) in [6.45, 7) is 4.52. The van der Waals surface area contributed by atoms with Crippen LogP contribution in [0.5, 0.6) is 0 Å². The second-order valence-corrected chi connectivity index (χ2v) is 10.2. The van der Waals surface area contributed by atoms with Crippen molar-refractivity contribution in [2.45, 2.75) is 51.8 Å². The quantitative estimate of drug-likeness (QED) is 0.0697. The fraction of sp³-hybridized carbons (Fsp3) is 0.387. The molecule has 0 saturated heterocycles. The predicted molar refractivity (Wildman–Crippen MR) is 166 cm³/mol. The van der Waals surface area contributed by atoms with Crippen molar-refractivity contribution < 1.29 is 23.9 Å². The summed E-state index contributed by atoms with van der Waals surface area (Å²) in [6.07, 6.45) is 3.32. The highest BCUT2D eigenvalue weighted by Crippen LogP contribution is 2.08. The molecule has 0 fully saturated rings. The monoisotopic (exact) mass is 593 g/mol. The van der Waals surface area contributed by atoms with Gasteiger partial charge in [-0.05, 0) is 42.4 Å². The highest BCUT2D eigenvalue weighted by atomic mass is 16.5. The summed E-state index contributed by atoms with van der Waals surface area (Å²) < 4.78 is 5.28. The first-order valence-corrected chi connectivity index (χ1v) is 14.3. The van der Waals surface area contributed by atoms with Crippen molar-refractivity contribution in [1.82, 2.24) is 21.3 Å². The van der Waals surface area contributed by atoms with Gasteiger partial charge < -0.3 is 37.5 Å². The van der Waals surface area contributed by atoms with Crippen LogP contribution in [0, 0.1) is 5.92 Å². The minimum Gasteiger partial charge on any atom is -0.445 e. The maximum absolute atomic E-state index is 13.3. The molecule has 2 atom stereocenters. The first-order chi connectivity index (χ1) is 20.6. The van der Waals surface area contributed by atoms with Crippen molar-refractivity contribution in [3.63, 3.8) is 0 Å². The van der Waals surface area contributed by atoms with Crippen LogP contribution in [0.4, 0.5) is 4.79 Å². The molecule has 0 radical (unpaired) electrons. The average Bonchev–Trinajstić information content (AvgIpc) is 2.99. The standard InChI is InChI=1S/C31H43N7O5/c1-22(2)20-26(28(40)35-19-18-34-27(39)16-15-23-10-5-3-6-11-23)37-29(41)25(14-9-17-36-30(32)33)38-31(42)43-21-24-12-7-4-8-13-24/h3-8,10-13,15-16,22,25-26H,9,14,17-21H2,1-2H3,(H,34,39)(H,35,40)(H,37,41)(H,38,42)(H4,32,33,36)/t25-,26-/m0/s1. The van der Waals surface area contributed by atoms with Crippen LogP contribution in [-0.4, -0.2) is 61.5 Å². The fourth-order valence-corrected chi connectivity index (χ4v) is 3.94. The van der Waals surface area contributed by atoms with E-state index in [1.165, 1.54) is 6.08 Å². The van der Waals surface area contributed by atoms with E-state index in [4.69, 9.17) is 16.2 Å². The Kier molecular flexibility index (Phi) is 15.4. The summed E-state index contributed by atoms with van der Waals surface area (Å²) in [4.78, 5) is 54.8. The number of amides is 4. The lowest BCUT2D eigenvalue weighted by molar-refractivity contribution is -0.130.